The Balaban J connectivity index is 1.49. The van der Waals surface area contributed by atoms with Gasteiger partial charge < -0.3 is 5.32 Å². The van der Waals surface area contributed by atoms with E-state index in [9.17, 15) is 0 Å². The molecule has 96 valence electrons. The number of fused-ring (bicyclic) bond motifs is 5. The Bertz CT molecular complexity index is 300. The van der Waals surface area contributed by atoms with Gasteiger partial charge in [0.2, 0.25) is 0 Å². The van der Waals surface area contributed by atoms with E-state index in [-0.39, 0.29) is 0 Å². The summed E-state index contributed by atoms with van der Waals surface area (Å²) in [7, 11) is 0. The highest BCUT2D eigenvalue weighted by Gasteiger charge is 2.67. The zero-order valence-electron chi connectivity index (χ0n) is 11.2. The van der Waals surface area contributed by atoms with Crippen LogP contribution < -0.4 is 5.32 Å². The molecule has 3 aliphatic carbocycles. The molecule has 2 nitrogen and oxygen atoms in total. The predicted molar refractivity (Wildman–Crippen MR) is 69.8 cm³/mol. The van der Waals surface area contributed by atoms with E-state index in [0.717, 1.165) is 41.8 Å². The van der Waals surface area contributed by atoms with Gasteiger partial charge in [0.05, 0.1) is 0 Å². The Kier molecular flexibility index (Phi) is 2.36. The van der Waals surface area contributed by atoms with Gasteiger partial charge in [-0.15, -0.1) is 0 Å². The third kappa shape index (κ3) is 1.46. The summed E-state index contributed by atoms with van der Waals surface area (Å²) in [6.45, 7) is 7.27. The van der Waals surface area contributed by atoms with Gasteiger partial charge in [-0.1, -0.05) is 6.92 Å². The molecule has 2 bridgehead atoms. The molecule has 6 atom stereocenters. The summed E-state index contributed by atoms with van der Waals surface area (Å²) in [5.41, 5.74) is 0. The van der Waals surface area contributed by atoms with Crippen LogP contribution in [0.2, 0.25) is 0 Å². The van der Waals surface area contributed by atoms with Gasteiger partial charge in [-0.3, -0.25) is 4.90 Å². The summed E-state index contributed by atoms with van der Waals surface area (Å²) in [4.78, 5) is 2.88. The Hall–Kier alpha value is -0.0800. The lowest BCUT2D eigenvalue weighted by molar-refractivity contribution is 0.109. The van der Waals surface area contributed by atoms with Gasteiger partial charge in [0.1, 0.15) is 0 Å². The molecule has 0 aromatic carbocycles. The lowest BCUT2D eigenvalue weighted by Gasteiger charge is -2.40. The van der Waals surface area contributed by atoms with Crippen molar-refractivity contribution in [2.75, 3.05) is 13.1 Å². The normalized spacial score (nSPS) is 57.2. The first kappa shape index (κ1) is 10.8. The summed E-state index contributed by atoms with van der Waals surface area (Å²) < 4.78 is 0. The maximum atomic E-state index is 3.69. The molecule has 4 rings (SSSR count). The van der Waals surface area contributed by atoms with Crippen LogP contribution in [0.1, 0.15) is 39.5 Å². The molecule has 1 heterocycles. The minimum Gasteiger partial charge on any atom is -0.311 e. The van der Waals surface area contributed by atoms with E-state index in [4.69, 9.17) is 0 Å². The molecule has 4 fully saturated rings. The zero-order chi connectivity index (χ0) is 11.6. The predicted octanol–water partition coefficient (Wildman–Crippen LogP) is 2.10. The van der Waals surface area contributed by atoms with Gasteiger partial charge in [-0.2, -0.15) is 0 Å². The van der Waals surface area contributed by atoms with E-state index in [1.54, 1.807) is 19.3 Å². The molecule has 0 aromatic rings. The van der Waals surface area contributed by atoms with Crippen LogP contribution in [0.25, 0.3) is 0 Å². The lowest BCUT2D eigenvalue weighted by atomic mass is 10.0. The summed E-state index contributed by atoms with van der Waals surface area (Å²) in [5, 5.41) is 3.69. The number of hydrogen-bond acceptors (Lipinski definition) is 2. The first-order chi connectivity index (χ1) is 8.29. The SMILES string of the molecule is CCC1CN(C2C3C4CCC(C4)C32)C(C)CN1. The second-order valence-electron chi connectivity index (χ2n) is 7.04. The molecule has 2 heteroatoms. The molecule has 1 aliphatic heterocycles. The van der Waals surface area contributed by atoms with Gasteiger partial charge in [0.25, 0.3) is 0 Å². The lowest BCUT2D eigenvalue weighted by Crippen LogP contribution is -2.56. The number of nitrogens with zero attached hydrogens (tertiary/aromatic N) is 1. The third-order valence-electron chi connectivity index (χ3n) is 6.27. The Morgan fingerprint density at radius 2 is 1.88 bits per heavy atom. The Morgan fingerprint density at radius 3 is 2.53 bits per heavy atom. The second-order valence-corrected chi connectivity index (χ2v) is 7.04. The van der Waals surface area contributed by atoms with Crippen LogP contribution >= 0.6 is 0 Å². The van der Waals surface area contributed by atoms with Gasteiger partial charge in [-0.25, -0.2) is 0 Å². The van der Waals surface area contributed by atoms with Gasteiger partial charge >= 0.3 is 0 Å². The average molecular weight is 234 g/mol. The zero-order valence-corrected chi connectivity index (χ0v) is 11.2. The third-order valence-corrected chi connectivity index (χ3v) is 6.27. The van der Waals surface area contributed by atoms with Crippen molar-refractivity contribution in [3.63, 3.8) is 0 Å². The van der Waals surface area contributed by atoms with Crippen molar-refractivity contribution in [2.45, 2.75) is 57.7 Å². The van der Waals surface area contributed by atoms with Crippen molar-refractivity contribution in [3.05, 3.63) is 0 Å². The first-order valence-corrected chi connectivity index (χ1v) is 7.78. The summed E-state index contributed by atoms with van der Waals surface area (Å²) in [6.07, 6.45) is 5.99. The van der Waals surface area contributed by atoms with E-state index in [2.05, 4.69) is 24.1 Å². The molecule has 4 aliphatic rings. The Labute approximate surface area is 105 Å². The summed E-state index contributed by atoms with van der Waals surface area (Å²) in [6, 6.07) is 2.52. The molecule has 3 saturated carbocycles. The molecular weight excluding hydrogens is 208 g/mol. The smallest absolute Gasteiger partial charge is 0.0196 e. The highest BCUT2D eigenvalue weighted by Crippen LogP contribution is 2.67. The fourth-order valence-electron chi connectivity index (χ4n) is 5.36. The number of rotatable bonds is 2. The number of nitrogens with one attached hydrogen (secondary N) is 1. The minimum absolute atomic E-state index is 0.755. The van der Waals surface area contributed by atoms with Crippen molar-refractivity contribution < 1.29 is 0 Å². The monoisotopic (exact) mass is 234 g/mol. The van der Waals surface area contributed by atoms with Crippen molar-refractivity contribution in [1.82, 2.24) is 10.2 Å². The summed E-state index contributed by atoms with van der Waals surface area (Å²) in [5.74, 6) is 4.48. The highest BCUT2D eigenvalue weighted by atomic mass is 15.3. The van der Waals surface area contributed by atoms with E-state index >= 15 is 0 Å². The average Bonchev–Trinajstić information content (AvgIpc) is 2.78. The Morgan fingerprint density at radius 1 is 1.18 bits per heavy atom. The quantitative estimate of drug-likeness (QED) is 0.787. The van der Waals surface area contributed by atoms with Crippen molar-refractivity contribution >= 4 is 0 Å². The van der Waals surface area contributed by atoms with Crippen LogP contribution in [-0.4, -0.2) is 36.1 Å². The fraction of sp³-hybridized carbons (Fsp3) is 1.00. The summed E-state index contributed by atoms with van der Waals surface area (Å²) >= 11 is 0. The van der Waals surface area contributed by atoms with Crippen LogP contribution in [0.15, 0.2) is 0 Å². The molecule has 0 spiro atoms. The van der Waals surface area contributed by atoms with Crippen LogP contribution in [0.4, 0.5) is 0 Å². The van der Waals surface area contributed by atoms with Crippen LogP contribution in [0, 0.1) is 23.7 Å². The van der Waals surface area contributed by atoms with E-state index in [1.165, 1.54) is 19.5 Å². The van der Waals surface area contributed by atoms with Crippen LogP contribution in [-0.2, 0) is 0 Å². The van der Waals surface area contributed by atoms with Crippen molar-refractivity contribution in [1.29, 1.82) is 0 Å². The van der Waals surface area contributed by atoms with Gasteiger partial charge in [-0.05, 0) is 56.3 Å². The topological polar surface area (TPSA) is 15.3 Å². The number of piperazine rings is 1. The molecule has 0 radical (unpaired) electrons. The van der Waals surface area contributed by atoms with E-state index in [0.29, 0.717) is 0 Å². The molecule has 17 heavy (non-hydrogen) atoms. The number of hydrogen-bond donors (Lipinski definition) is 1. The molecule has 0 amide bonds. The van der Waals surface area contributed by atoms with Crippen LogP contribution in [0.3, 0.4) is 0 Å². The molecule has 1 saturated heterocycles. The fourth-order valence-corrected chi connectivity index (χ4v) is 5.36. The molecular formula is C15H26N2. The van der Waals surface area contributed by atoms with E-state index in [1.807, 2.05) is 0 Å². The molecule has 1 N–H and O–H groups in total. The molecule has 6 unspecified atom stereocenters. The minimum atomic E-state index is 0.755. The maximum absolute atomic E-state index is 3.69. The van der Waals surface area contributed by atoms with Crippen molar-refractivity contribution in [2.24, 2.45) is 23.7 Å². The molecule has 0 aromatic heterocycles. The van der Waals surface area contributed by atoms with E-state index < -0.39 is 0 Å². The maximum Gasteiger partial charge on any atom is 0.0196 e. The second kappa shape index (κ2) is 3.71. The standard InChI is InChI=1S/C15H26N2/c1-3-12-8-17(9(2)7-16-12)15-13-10-4-5-11(6-10)14(13)15/h9-16H,3-8H2,1-2H3. The van der Waals surface area contributed by atoms with Gasteiger partial charge in [0, 0.05) is 31.2 Å². The first-order valence-electron chi connectivity index (χ1n) is 7.78. The van der Waals surface area contributed by atoms with Crippen molar-refractivity contribution in [3.8, 4) is 0 Å². The van der Waals surface area contributed by atoms with Gasteiger partial charge in [0.15, 0.2) is 0 Å². The van der Waals surface area contributed by atoms with Crippen LogP contribution in [0.5, 0.6) is 0 Å². The highest BCUT2D eigenvalue weighted by molar-refractivity contribution is 5.18. The largest absolute Gasteiger partial charge is 0.311 e.